The maximum atomic E-state index is 13.8. The van der Waals surface area contributed by atoms with Gasteiger partial charge < -0.3 is 9.47 Å². The molecule has 0 unspecified atom stereocenters. The molecule has 0 aromatic heterocycles. The van der Waals surface area contributed by atoms with Crippen molar-refractivity contribution in [3.05, 3.63) is 70.1 Å². The van der Waals surface area contributed by atoms with Crippen LogP contribution in [0.3, 0.4) is 0 Å². The normalized spacial score (nSPS) is 15.5. The number of methoxy groups -OCH3 is 1. The first kappa shape index (κ1) is 15.2. The first-order valence-corrected chi connectivity index (χ1v) is 7.08. The van der Waals surface area contributed by atoms with Gasteiger partial charge in [-0.05, 0) is 30.3 Å². The van der Waals surface area contributed by atoms with E-state index in [2.05, 4.69) is 4.99 Å². The highest BCUT2D eigenvalue weighted by atomic mass is 35.5. The highest BCUT2D eigenvalue weighted by Gasteiger charge is 2.26. The van der Waals surface area contributed by atoms with Gasteiger partial charge in [0.05, 0.1) is 17.7 Å². The molecule has 116 valence electrons. The Morgan fingerprint density at radius 3 is 2.74 bits per heavy atom. The van der Waals surface area contributed by atoms with Crippen LogP contribution < -0.4 is 4.74 Å². The van der Waals surface area contributed by atoms with Gasteiger partial charge in [-0.25, -0.2) is 14.2 Å². The molecule has 2 aromatic rings. The van der Waals surface area contributed by atoms with Crippen LogP contribution in [0.4, 0.5) is 4.39 Å². The fraction of sp³-hybridized carbons (Fsp3) is 0.0588. The molecular weight excluding hydrogens is 321 g/mol. The fourth-order valence-corrected chi connectivity index (χ4v) is 2.35. The lowest BCUT2D eigenvalue weighted by Crippen LogP contribution is -2.06. The lowest BCUT2D eigenvalue weighted by Gasteiger charge is -2.05. The highest BCUT2D eigenvalue weighted by Crippen LogP contribution is 2.27. The maximum absolute atomic E-state index is 13.8. The predicted molar refractivity (Wildman–Crippen MR) is 85.0 cm³/mol. The number of rotatable bonds is 3. The molecule has 0 N–H and O–H groups in total. The molecule has 0 amide bonds. The molecule has 0 bridgehead atoms. The Labute approximate surface area is 136 Å². The third-order valence-corrected chi connectivity index (χ3v) is 3.57. The van der Waals surface area contributed by atoms with Crippen LogP contribution in [0, 0.1) is 5.82 Å². The molecule has 2 aromatic carbocycles. The van der Waals surface area contributed by atoms with E-state index in [1.165, 1.54) is 31.4 Å². The summed E-state index contributed by atoms with van der Waals surface area (Å²) in [7, 11) is 1.51. The Kier molecular flexibility index (Phi) is 4.12. The Bertz CT molecular complexity index is 825. The number of hydrogen-bond acceptors (Lipinski definition) is 4. The average Bonchev–Trinajstić information content (AvgIpc) is 2.92. The maximum Gasteiger partial charge on any atom is 0.363 e. The van der Waals surface area contributed by atoms with Crippen molar-refractivity contribution in [1.29, 1.82) is 0 Å². The van der Waals surface area contributed by atoms with E-state index >= 15 is 0 Å². The van der Waals surface area contributed by atoms with Gasteiger partial charge in [0.1, 0.15) is 11.6 Å². The highest BCUT2D eigenvalue weighted by molar-refractivity contribution is 6.32. The molecule has 0 spiro atoms. The minimum atomic E-state index is -0.676. The number of carbonyl (C=O) groups excluding carboxylic acids is 1. The molecule has 23 heavy (non-hydrogen) atoms. The number of esters is 1. The molecule has 0 radical (unpaired) electrons. The van der Waals surface area contributed by atoms with Crippen LogP contribution in [0.2, 0.25) is 5.02 Å². The van der Waals surface area contributed by atoms with Gasteiger partial charge >= 0.3 is 5.97 Å². The van der Waals surface area contributed by atoms with E-state index in [9.17, 15) is 9.18 Å². The Balaban J connectivity index is 2.04. The van der Waals surface area contributed by atoms with Crippen LogP contribution in [-0.4, -0.2) is 19.0 Å². The summed E-state index contributed by atoms with van der Waals surface area (Å²) in [5, 5.41) is 0.186. The summed E-state index contributed by atoms with van der Waals surface area (Å²) in [6.07, 6.45) is 1.27. The second kappa shape index (κ2) is 6.22. The summed E-state index contributed by atoms with van der Waals surface area (Å²) in [5.41, 5.74) is 0.593. The molecule has 1 aliphatic heterocycles. The summed E-state index contributed by atoms with van der Waals surface area (Å²) in [5.74, 6) is -0.598. The second-order valence-corrected chi connectivity index (χ2v) is 5.08. The van der Waals surface area contributed by atoms with Gasteiger partial charge in [0.25, 0.3) is 0 Å². The number of ether oxygens (including phenoxy) is 2. The minimum absolute atomic E-state index is 0.0297. The van der Waals surface area contributed by atoms with Crippen LogP contribution in [0.15, 0.2) is 53.2 Å². The lowest BCUT2D eigenvalue weighted by atomic mass is 10.2. The summed E-state index contributed by atoms with van der Waals surface area (Å²) in [6, 6.07) is 11.3. The summed E-state index contributed by atoms with van der Waals surface area (Å²) < 4.78 is 24.2. The van der Waals surface area contributed by atoms with Crippen LogP contribution in [0.25, 0.3) is 6.08 Å². The van der Waals surface area contributed by atoms with Crippen LogP contribution in [0.1, 0.15) is 11.1 Å². The first-order valence-electron chi connectivity index (χ1n) is 6.70. The molecule has 1 aliphatic rings. The molecule has 0 saturated carbocycles. The summed E-state index contributed by atoms with van der Waals surface area (Å²) >= 11 is 5.95. The van der Waals surface area contributed by atoms with Gasteiger partial charge in [0, 0.05) is 5.56 Å². The van der Waals surface area contributed by atoms with E-state index < -0.39 is 11.8 Å². The molecule has 4 nitrogen and oxygen atoms in total. The van der Waals surface area contributed by atoms with Crippen molar-refractivity contribution in [1.82, 2.24) is 0 Å². The summed E-state index contributed by atoms with van der Waals surface area (Å²) in [4.78, 5) is 16.1. The van der Waals surface area contributed by atoms with Gasteiger partial charge in [-0.15, -0.1) is 0 Å². The van der Waals surface area contributed by atoms with Crippen LogP contribution >= 0.6 is 11.6 Å². The number of benzene rings is 2. The van der Waals surface area contributed by atoms with Gasteiger partial charge in [-0.2, -0.15) is 0 Å². The smallest absolute Gasteiger partial charge is 0.363 e. The van der Waals surface area contributed by atoms with E-state index in [0.29, 0.717) is 11.3 Å². The van der Waals surface area contributed by atoms with Crippen molar-refractivity contribution >= 4 is 29.5 Å². The van der Waals surface area contributed by atoms with Gasteiger partial charge in [-0.3, -0.25) is 0 Å². The Morgan fingerprint density at radius 1 is 1.22 bits per heavy atom. The molecule has 0 saturated heterocycles. The largest absolute Gasteiger partial charge is 0.496 e. The van der Waals surface area contributed by atoms with Crippen molar-refractivity contribution in [2.24, 2.45) is 4.99 Å². The van der Waals surface area contributed by atoms with Gasteiger partial charge in [0.2, 0.25) is 5.90 Å². The second-order valence-electron chi connectivity index (χ2n) is 4.67. The first-order chi connectivity index (χ1) is 11.1. The Hall–Kier alpha value is -2.66. The molecule has 0 fully saturated rings. The quantitative estimate of drug-likeness (QED) is 0.634. The Morgan fingerprint density at radius 2 is 2.00 bits per heavy atom. The predicted octanol–water partition coefficient (Wildman–Crippen LogP) is 3.83. The molecule has 1 heterocycles. The molecule has 0 atom stereocenters. The fourth-order valence-electron chi connectivity index (χ4n) is 2.13. The van der Waals surface area contributed by atoms with Crippen molar-refractivity contribution in [3.63, 3.8) is 0 Å². The molecule has 6 heteroatoms. The molecular formula is C17H11ClFNO3. The molecule has 0 aliphatic carbocycles. The lowest BCUT2D eigenvalue weighted by molar-refractivity contribution is -0.129. The van der Waals surface area contributed by atoms with Crippen LogP contribution in [-0.2, 0) is 9.53 Å². The number of cyclic esters (lactones) is 1. The number of para-hydroxylation sites is 1. The zero-order valence-electron chi connectivity index (χ0n) is 12.0. The SMILES string of the molecule is COc1ccccc1C1=NC(=Cc2c(F)cccc2Cl)C(=O)O1. The monoisotopic (exact) mass is 331 g/mol. The number of aliphatic imine (C=N–C) groups is 1. The third-order valence-electron chi connectivity index (χ3n) is 3.24. The topological polar surface area (TPSA) is 47.9 Å². The summed E-state index contributed by atoms with van der Waals surface area (Å²) in [6.45, 7) is 0. The van der Waals surface area contributed by atoms with Gasteiger partial charge in [-0.1, -0.05) is 29.8 Å². The van der Waals surface area contributed by atoms with Crippen molar-refractivity contribution < 1.29 is 18.7 Å². The number of hydrogen-bond donors (Lipinski definition) is 0. The van der Waals surface area contributed by atoms with Gasteiger partial charge in [0.15, 0.2) is 5.70 Å². The number of nitrogens with zero attached hydrogens (tertiary/aromatic N) is 1. The number of halogens is 2. The van der Waals surface area contributed by atoms with E-state index in [4.69, 9.17) is 21.1 Å². The number of carbonyl (C=O) groups is 1. The third kappa shape index (κ3) is 2.96. The van der Waals surface area contributed by atoms with Crippen molar-refractivity contribution in [2.45, 2.75) is 0 Å². The van der Waals surface area contributed by atoms with E-state index in [1.54, 1.807) is 24.3 Å². The van der Waals surface area contributed by atoms with E-state index in [1.807, 2.05) is 0 Å². The minimum Gasteiger partial charge on any atom is -0.496 e. The van der Waals surface area contributed by atoms with E-state index in [0.717, 1.165) is 0 Å². The van der Waals surface area contributed by atoms with E-state index in [-0.39, 0.29) is 22.2 Å². The van der Waals surface area contributed by atoms with Crippen molar-refractivity contribution in [3.8, 4) is 5.75 Å². The zero-order valence-corrected chi connectivity index (χ0v) is 12.8. The molecule has 3 rings (SSSR count). The van der Waals surface area contributed by atoms with Crippen molar-refractivity contribution in [2.75, 3.05) is 7.11 Å². The standard InChI is InChI=1S/C17H11ClFNO3/c1-22-15-8-3-2-5-10(15)16-20-14(17(21)23-16)9-11-12(18)6-4-7-13(11)19/h2-9H,1H3. The van der Waals surface area contributed by atoms with Crippen LogP contribution in [0.5, 0.6) is 5.75 Å². The average molecular weight is 332 g/mol. The zero-order chi connectivity index (χ0) is 16.4.